The Bertz CT molecular complexity index is 1630. The number of benzene rings is 3. The van der Waals surface area contributed by atoms with E-state index in [9.17, 15) is 18.0 Å². The molecule has 0 unspecified atom stereocenters. The highest BCUT2D eigenvalue weighted by molar-refractivity contribution is 7.94. The summed E-state index contributed by atoms with van der Waals surface area (Å²) < 4.78 is 33.7. The Kier molecular flexibility index (Phi) is 7.77. The number of nitrogens with zero attached hydrogens (tertiary/aromatic N) is 1. The number of amides is 1. The van der Waals surface area contributed by atoms with Crippen LogP contribution >= 0.6 is 22.9 Å². The highest BCUT2D eigenvalue weighted by atomic mass is 35.5. The summed E-state index contributed by atoms with van der Waals surface area (Å²) >= 11 is 6.76. The van der Waals surface area contributed by atoms with Crippen molar-refractivity contribution in [2.75, 3.05) is 11.3 Å². The predicted octanol–water partition coefficient (Wildman–Crippen LogP) is 4.89. The summed E-state index contributed by atoms with van der Waals surface area (Å²) in [4.78, 5) is 24.0. The monoisotopic (exact) mass is 557 g/mol. The quantitative estimate of drug-likeness (QED) is 0.198. The second-order valence-corrected chi connectivity index (χ2v) is 11.4. The van der Waals surface area contributed by atoms with Crippen LogP contribution in [-0.4, -0.2) is 38.2 Å². The molecule has 3 aromatic carbocycles. The molecule has 0 aliphatic carbocycles. The molecule has 0 atom stereocenters. The number of hydrogen-bond acceptors (Lipinski definition) is 7. The number of rotatable bonds is 9. The first-order valence-corrected chi connectivity index (χ1v) is 13.4. The Morgan fingerprint density at radius 1 is 1.11 bits per heavy atom. The molecule has 3 N–H and O–H groups in total. The van der Waals surface area contributed by atoms with Crippen molar-refractivity contribution in [2.45, 2.75) is 11.1 Å². The molecule has 0 aliphatic rings. The lowest BCUT2D eigenvalue weighted by Crippen LogP contribution is -2.21. The number of carboxylic acid groups (broad SMARTS) is 1. The smallest absolute Gasteiger partial charge is 0.341 e. The fraction of sp³-hybridized carbons (Fsp3) is 0.0800. The summed E-state index contributed by atoms with van der Waals surface area (Å²) in [5.41, 5.74) is 3.74. The van der Waals surface area contributed by atoms with Gasteiger partial charge in [0.2, 0.25) is 0 Å². The largest absolute Gasteiger partial charge is 0.481 e. The lowest BCUT2D eigenvalue weighted by atomic mass is 10.0. The lowest BCUT2D eigenvalue weighted by Gasteiger charge is -2.12. The second kappa shape index (κ2) is 11.0. The number of thiophene rings is 1. The fourth-order valence-corrected chi connectivity index (χ4v) is 6.02. The number of carboxylic acids is 1. The maximum atomic E-state index is 13.0. The molecule has 4 aromatic rings. The summed E-state index contributed by atoms with van der Waals surface area (Å²) in [7, 11) is -3.97. The van der Waals surface area contributed by atoms with Crippen molar-refractivity contribution in [2.24, 2.45) is 5.10 Å². The van der Waals surface area contributed by atoms with Gasteiger partial charge in [0.1, 0.15) is 9.96 Å². The molecule has 0 saturated carbocycles. The van der Waals surface area contributed by atoms with E-state index in [0.717, 1.165) is 27.7 Å². The van der Waals surface area contributed by atoms with Crippen molar-refractivity contribution in [3.63, 3.8) is 0 Å². The van der Waals surface area contributed by atoms with Crippen molar-refractivity contribution in [1.29, 1.82) is 0 Å². The molecule has 9 nitrogen and oxygen atoms in total. The molecule has 190 valence electrons. The number of hydrazone groups is 1. The maximum Gasteiger partial charge on any atom is 0.341 e. The average molecular weight is 558 g/mol. The molecule has 4 rings (SSSR count). The van der Waals surface area contributed by atoms with E-state index in [0.29, 0.717) is 9.90 Å². The standard InChI is InChI=1S/C25H20ClN3O6S2/c1-15-6-8-20(29-37(33,34)24-11-10-22(26)36-24)18(12-15)25(32)28-27-13-19-17-5-3-2-4-16(17)7-9-21(19)35-14-23(30)31/h2-13,29H,14H2,1H3,(H,28,32)(H,30,31)/b27-13-. The molecule has 0 aliphatic heterocycles. The molecule has 0 radical (unpaired) electrons. The van der Waals surface area contributed by atoms with E-state index < -0.39 is 28.5 Å². The zero-order valence-electron chi connectivity index (χ0n) is 19.3. The van der Waals surface area contributed by atoms with Crippen LogP contribution in [0.25, 0.3) is 10.8 Å². The van der Waals surface area contributed by atoms with Gasteiger partial charge in [-0.1, -0.05) is 53.6 Å². The van der Waals surface area contributed by atoms with E-state index >= 15 is 0 Å². The average Bonchev–Trinajstić information content (AvgIpc) is 3.31. The minimum atomic E-state index is -3.97. The SMILES string of the molecule is Cc1ccc(NS(=O)(=O)c2ccc(Cl)s2)c(C(=O)N/N=C\c2c(OCC(=O)O)ccc3ccccc23)c1. The van der Waals surface area contributed by atoms with Gasteiger partial charge in [-0.2, -0.15) is 5.10 Å². The highest BCUT2D eigenvalue weighted by Crippen LogP contribution is 2.29. The van der Waals surface area contributed by atoms with Crippen LogP contribution in [0.5, 0.6) is 5.75 Å². The van der Waals surface area contributed by atoms with E-state index in [2.05, 4.69) is 15.2 Å². The van der Waals surface area contributed by atoms with Gasteiger partial charge in [0.25, 0.3) is 15.9 Å². The minimum absolute atomic E-state index is 0.00676. The fourth-order valence-electron chi connectivity index (χ4n) is 3.46. The van der Waals surface area contributed by atoms with Gasteiger partial charge in [0.15, 0.2) is 6.61 Å². The van der Waals surface area contributed by atoms with E-state index in [1.165, 1.54) is 30.5 Å². The molecule has 1 aromatic heterocycles. The van der Waals surface area contributed by atoms with Gasteiger partial charge in [0.05, 0.1) is 21.8 Å². The molecule has 1 amide bonds. The van der Waals surface area contributed by atoms with Crippen LogP contribution in [0.4, 0.5) is 5.69 Å². The zero-order chi connectivity index (χ0) is 26.6. The third-order valence-corrected chi connectivity index (χ3v) is 8.21. The molecular formula is C25H20ClN3O6S2. The van der Waals surface area contributed by atoms with Gasteiger partial charge in [0, 0.05) is 5.56 Å². The summed E-state index contributed by atoms with van der Waals surface area (Å²) in [6, 6.07) is 18.3. The lowest BCUT2D eigenvalue weighted by molar-refractivity contribution is -0.139. The van der Waals surface area contributed by atoms with Gasteiger partial charge in [-0.05, 0) is 48.0 Å². The number of fused-ring (bicyclic) bond motifs is 1. The number of halogens is 1. The van der Waals surface area contributed by atoms with Gasteiger partial charge in [-0.25, -0.2) is 18.6 Å². The van der Waals surface area contributed by atoms with E-state index in [4.69, 9.17) is 21.4 Å². The third kappa shape index (κ3) is 6.26. The Hall–Kier alpha value is -3.93. The molecule has 0 saturated heterocycles. The van der Waals surface area contributed by atoms with E-state index in [1.807, 2.05) is 24.3 Å². The van der Waals surface area contributed by atoms with Gasteiger partial charge < -0.3 is 9.84 Å². The van der Waals surface area contributed by atoms with E-state index in [-0.39, 0.29) is 21.2 Å². The number of ether oxygens (including phenoxy) is 1. The van der Waals surface area contributed by atoms with Crippen LogP contribution in [0.1, 0.15) is 21.5 Å². The topological polar surface area (TPSA) is 134 Å². The first-order valence-electron chi connectivity index (χ1n) is 10.7. The number of sulfonamides is 1. The summed E-state index contributed by atoms with van der Waals surface area (Å²) in [6.07, 6.45) is 1.35. The second-order valence-electron chi connectivity index (χ2n) is 7.79. The Labute approximate surface area is 221 Å². The summed E-state index contributed by atoms with van der Waals surface area (Å²) in [6.45, 7) is 1.22. The molecular weight excluding hydrogens is 538 g/mol. The molecule has 0 bridgehead atoms. The molecule has 0 spiro atoms. The first-order chi connectivity index (χ1) is 17.6. The number of carbonyl (C=O) groups excluding carboxylic acids is 1. The van der Waals surface area contributed by atoms with Crippen LogP contribution in [0.15, 0.2) is 76.0 Å². The third-order valence-electron chi connectivity index (χ3n) is 5.12. The molecule has 0 fully saturated rings. The minimum Gasteiger partial charge on any atom is -0.481 e. The normalized spacial score (nSPS) is 11.5. The summed E-state index contributed by atoms with van der Waals surface area (Å²) in [5, 5.41) is 14.6. The highest BCUT2D eigenvalue weighted by Gasteiger charge is 2.21. The van der Waals surface area contributed by atoms with Crippen molar-refractivity contribution >= 4 is 67.5 Å². The van der Waals surface area contributed by atoms with Crippen molar-refractivity contribution < 1.29 is 27.9 Å². The van der Waals surface area contributed by atoms with Gasteiger partial charge >= 0.3 is 5.97 Å². The van der Waals surface area contributed by atoms with Crippen molar-refractivity contribution in [3.05, 3.63) is 87.8 Å². The van der Waals surface area contributed by atoms with Gasteiger partial charge in [-0.3, -0.25) is 9.52 Å². The van der Waals surface area contributed by atoms with Crippen LogP contribution in [0.3, 0.4) is 0 Å². The zero-order valence-corrected chi connectivity index (χ0v) is 21.7. The Balaban J connectivity index is 1.61. The first kappa shape index (κ1) is 26.1. The summed E-state index contributed by atoms with van der Waals surface area (Å²) in [5.74, 6) is -1.52. The van der Waals surface area contributed by atoms with Crippen LogP contribution in [-0.2, 0) is 14.8 Å². The predicted molar refractivity (Wildman–Crippen MR) is 143 cm³/mol. The van der Waals surface area contributed by atoms with Gasteiger partial charge in [-0.15, -0.1) is 11.3 Å². The number of aliphatic carboxylic acids is 1. The number of anilines is 1. The van der Waals surface area contributed by atoms with Crippen molar-refractivity contribution in [3.8, 4) is 5.75 Å². The number of hydrogen-bond donors (Lipinski definition) is 3. The molecule has 37 heavy (non-hydrogen) atoms. The van der Waals surface area contributed by atoms with E-state index in [1.54, 1.807) is 25.1 Å². The number of aryl methyl sites for hydroxylation is 1. The molecule has 1 heterocycles. The Morgan fingerprint density at radius 2 is 1.89 bits per heavy atom. The van der Waals surface area contributed by atoms with Crippen LogP contribution in [0, 0.1) is 6.92 Å². The Morgan fingerprint density at radius 3 is 2.62 bits per heavy atom. The van der Waals surface area contributed by atoms with Crippen LogP contribution in [0.2, 0.25) is 4.34 Å². The van der Waals surface area contributed by atoms with Crippen molar-refractivity contribution in [1.82, 2.24) is 5.43 Å². The molecule has 12 heteroatoms. The number of nitrogens with one attached hydrogen (secondary N) is 2. The maximum absolute atomic E-state index is 13.0. The van der Waals surface area contributed by atoms with Crippen LogP contribution < -0.4 is 14.9 Å². The number of carbonyl (C=O) groups is 2.